The van der Waals surface area contributed by atoms with Gasteiger partial charge in [0.05, 0.1) is 26.1 Å². The van der Waals surface area contributed by atoms with Gasteiger partial charge in [-0.05, 0) is 18.2 Å². The normalized spacial score (nSPS) is 10.3. The third-order valence-electron chi connectivity index (χ3n) is 4.59. The first-order valence-electron chi connectivity index (χ1n) is 9.41. The first-order valence-corrected chi connectivity index (χ1v) is 9.41. The Labute approximate surface area is 179 Å². The van der Waals surface area contributed by atoms with E-state index in [0.717, 1.165) is 5.56 Å². The lowest BCUT2D eigenvalue weighted by Gasteiger charge is -2.13. The number of hydrogen-bond donors (Lipinski definition) is 3. The van der Waals surface area contributed by atoms with Crippen LogP contribution in [-0.4, -0.2) is 43.0 Å². The van der Waals surface area contributed by atoms with Crippen LogP contribution < -0.4 is 25.8 Å². The summed E-state index contributed by atoms with van der Waals surface area (Å²) in [4.78, 5) is 33.0. The molecule has 0 saturated carbocycles. The molecule has 0 radical (unpaired) electrons. The summed E-state index contributed by atoms with van der Waals surface area (Å²) in [6.07, 6.45) is 1.46. The smallest absolute Gasteiger partial charge is 0.273 e. The molecule has 1 aromatic heterocycles. The second-order valence-electron chi connectivity index (χ2n) is 6.48. The van der Waals surface area contributed by atoms with Crippen LogP contribution in [0.4, 0.5) is 5.82 Å². The summed E-state index contributed by atoms with van der Waals surface area (Å²) in [7, 11) is 4.59. The van der Waals surface area contributed by atoms with Crippen LogP contribution >= 0.6 is 0 Å². The maximum Gasteiger partial charge on any atom is 0.273 e. The van der Waals surface area contributed by atoms with Crippen LogP contribution in [0.3, 0.4) is 0 Å². The lowest BCUT2D eigenvalue weighted by molar-refractivity contribution is 0.0945. The van der Waals surface area contributed by atoms with Gasteiger partial charge in [0.25, 0.3) is 11.8 Å². The number of anilines is 1. The third kappa shape index (κ3) is 4.72. The Morgan fingerprint density at radius 2 is 1.84 bits per heavy atom. The fraction of sp³-hybridized carbons (Fsp3) is 0.182. The summed E-state index contributed by atoms with van der Waals surface area (Å²) in [5.74, 6) is 0.474. The molecule has 0 bridgehead atoms. The maximum absolute atomic E-state index is 12.7. The summed E-state index contributed by atoms with van der Waals surface area (Å²) < 4.78 is 10.7. The molecule has 31 heavy (non-hydrogen) atoms. The van der Waals surface area contributed by atoms with Gasteiger partial charge in [-0.1, -0.05) is 24.3 Å². The Hall–Kier alpha value is -4.14. The van der Waals surface area contributed by atoms with Crippen LogP contribution in [0.5, 0.6) is 11.5 Å². The number of methoxy groups -OCH3 is 2. The van der Waals surface area contributed by atoms with Crippen molar-refractivity contribution in [2.24, 2.45) is 0 Å². The molecule has 0 aliphatic rings. The number of amides is 2. The van der Waals surface area contributed by atoms with Gasteiger partial charge in [0.2, 0.25) is 0 Å². The molecule has 9 nitrogen and oxygen atoms in total. The Morgan fingerprint density at radius 1 is 1.06 bits per heavy atom. The average Bonchev–Trinajstić information content (AvgIpc) is 2.81. The van der Waals surface area contributed by atoms with Crippen LogP contribution in [0.25, 0.3) is 11.3 Å². The number of hydrogen-bond acceptors (Lipinski definition) is 7. The summed E-state index contributed by atoms with van der Waals surface area (Å²) in [6, 6.07) is 12.3. The number of nitrogen functional groups attached to an aromatic ring is 1. The van der Waals surface area contributed by atoms with Gasteiger partial charge in [-0.2, -0.15) is 0 Å². The van der Waals surface area contributed by atoms with Crippen molar-refractivity contribution in [2.75, 3.05) is 27.0 Å². The van der Waals surface area contributed by atoms with Gasteiger partial charge < -0.3 is 25.8 Å². The van der Waals surface area contributed by atoms with Crippen molar-refractivity contribution in [3.63, 3.8) is 0 Å². The molecule has 0 fully saturated rings. The highest BCUT2D eigenvalue weighted by atomic mass is 16.5. The van der Waals surface area contributed by atoms with E-state index in [9.17, 15) is 9.59 Å². The zero-order chi connectivity index (χ0) is 22.4. The molecule has 3 rings (SSSR count). The van der Waals surface area contributed by atoms with E-state index in [1.54, 1.807) is 44.6 Å². The van der Waals surface area contributed by atoms with Crippen LogP contribution in [-0.2, 0) is 6.54 Å². The van der Waals surface area contributed by atoms with Crippen molar-refractivity contribution in [3.05, 3.63) is 65.5 Å². The maximum atomic E-state index is 12.7. The monoisotopic (exact) mass is 421 g/mol. The number of benzene rings is 2. The predicted octanol–water partition coefficient (Wildman–Crippen LogP) is 2.03. The zero-order valence-corrected chi connectivity index (χ0v) is 17.4. The van der Waals surface area contributed by atoms with Gasteiger partial charge >= 0.3 is 0 Å². The number of rotatable bonds is 7. The second-order valence-corrected chi connectivity index (χ2v) is 6.48. The minimum absolute atomic E-state index is 0.0278. The van der Waals surface area contributed by atoms with Crippen LogP contribution in [0.2, 0.25) is 0 Å². The Bertz CT molecular complexity index is 1120. The summed E-state index contributed by atoms with van der Waals surface area (Å²) >= 11 is 0. The second kappa shape index (κ2) is 9.57. The topological polar surface area (TPSA) is 128 Å². The highest BCUT2D eigenvalue weighted by Gasteiger charge is 2.15. The molecule has 0 saturated heterocycles. The van der Waals surface area contributed by atoms with Gasteiger partial charge in [-0.15, -0.1) is 0 Å². The van der Waals surface area contributed by atoms with E-state index < -0.39 is 5.91 Å². The number of aromatic nitrogens is 2. The van der Waals surface area contributed by atoms with Gasteiger partial charge in [-0.3, -0.25) is 9.59 Å². The van der Waals surface area contributed by atoms with Crippen LogP contribution in [0.1, 0.15) is 26.4 Å². The molecule has 0 atom stereocenters. The Kier molecular flexibility index (Phi) is 6.66. The Balaban J connectivity index is 1.81. The quantitative estimate of drug-likeness (QED) is 0.532. The highest BCUT2D eigenvalue weighted by Crippen LogP contribution is 2.30. The highest BCUT2D eigenvalue weighted by molar-refractivity contribution is 5.97. The molecule has 1 heterocycles. The molecular weight excluding hydrogens is 398 g/mol. The van der Waals surface area contributed by atoms with Crippen molar-refractivity contribution in [3.8, 4) is 22.8 Å². The molecule has 4 N–H and O–H groups in total. The summed E-state index contributed by atoms with van der Waals surface area (Å²) in [6.45, 7) is 0.256. The van der Waals surface area contributed by atoms with Gasteiger partial charge in [0.15, 0.2) is 23.0 Å². The molecule has 0 spiro atoms. The van der Waals surface area contributed by atoms with Crippen molar-refractivity contribution < 1.29 is 19.1 Å². The number of carbonyl (C=O) groups is 2. The molecular formula is C22H23N5O4. The molecule has 9 heteroatoms. The number of nitrogens with two attached hydrogens (primary N) is 1. The van der Waals surface area contributed by atoms with E-state index in [1.807, 2.05) is 12.1 Å². The van der Waals surface area contributed by atoms with Crippen LogP contribution in [0.15, 0.2) is 48.7 Å². The molecule has 3 aromatic rings. The number of nitrogens with zero attached hydrogens (tertiary/aromatic N) is 2. The van der Waals surface area contributed by atoms with E-state index in [-0.39, 0.29) is 24.0 Å². The first kappa shape index (κ1) is 21.6. The van der Waals surface area contributed by atoms with E-state index in [4.69, 9.17) is 15.2 Å². The fourth-order valence-corrected chi connectivity index (χ4v) is 3.01. The number of ether oxygens (including phenoxy) is 2. The van der Waals surface area contributed by atoms with E-state index in [1.165, 1.54) is 13.2 Å². The number of carbonyl (C=O) groups excluding carboxylic acids is 2. The minimum atomic E-state index is -0.437. The van der Waals surface area contributed by atoms with E-state index in [0.29, 0.717) is 28.3 Å². The number of nitrogens with one attached hydrogen (secondary N) is 2. The summed E-state index contributed by atoms with van der Waals surface area (Å²) in [5, 5.41) is 5.35. The fourth-order valence-electron chi connectivity index (χ4n) is 3.01. The van der Waals surface area contributed by atoms with Crippen molar-refractivity contribution in [1.29, 1.82) is 0 Å². The molecule has 0 unspecified atom stereocenters. The molecule has 2 amide bonds. The number of para-hydroxylation sites is 1. The summed E-state index contributed by atoms with van der Waals surface area (Å²) in [5.41, 5.74) is 8.04. The Morgan fingerprint density at radius 3 is 2.55 bits per heavy atom. The molecule has 160 valence electrons. The first-order chi connectivity index (χ1) is 15.0. The largest absolute Gasteiger partial charge is 0.493 e. The molecule has 0 aliphatic carbocycles. The van der Waals surface area contributed by atoms with Gasteiger partial charge in [-0.25, -0.2) is 9.97 Å². The third-order valence-corrected chi connectivity index (χ3v) is 4.59. The van der Waals surface area contributed by atoms with Crippen molar-refractivity contribution in [2.45, 2.75) is 6.54 Å². The van der Waals surface area contributed by atoms with Crippen molar-refractivity contribution in [1.82, 2.24) is 20.6 Å². The standard InChI is InChI=1S/C22H23N5O4/c1-24-22(29)18-20(23)25-12-16(27-18)13-6-4-7-14(10-13)21(28)26-11-15-8-5-9-17(30-2)19(15)31-3/h4-10,12H,11H2,1-3H3,(H2,23,25)(H,24,29)(H,26,28). The van der Waals surface area contributed by atoms with Gasteiger partial charge in [0, 0.05) is 30.3 Å². The van der Waals surface area contributed by atoms with Crippen molar-refractivity contribution >= 4 is 17.6 Å². The zero-order valence-electron chi connectivity index (χ0n) is 17.4. The van der Waals surface area contributed by atoms with E-state index in [2.05, 4.69) is 20.6 Å². The lowest BCUT2D eigenvalue weighted by atomic mass is 10.1. The van der Waals surface area contributed by atoms with Gasteiger partial charge in [0.1, 0.15) is 0 Å². The van der Waals surface area contributed by atoms with Crippen LogP contribution in [0, 0.1) is 0 Å². The lowest BCUT2D eigenvalue weighted by Crippen LogP contribution is -2.23. The SMILES string of the molecule is CNC(=O)c1nc(-c2cccc(C(=O)NCc3cccc(OC)c3OC)c2)cnc1N. The minimum Gasteiger partial charge on any atom is -0.493 e. The molecule has 2 aromatic carbocycles. The predicted molar refractivity (Wildman–Crippen MR) is 116 cm³/mol. The average molecular weight is 421 g/mol. The van der Waals surface area contributed by atoms with E-state index >= 15 is 0 Å². The molecule has 0 aliphatic heterocycles.